The predicted molar refractivity (Wildman–Crippen MR) is 90.4 cm³/mol. The van der Waals surface area contributed by atoms with Crippen molar-refractivity contribution in [3.63, 3.8) is 0 Å². The van der Waals surface area contributed by atoms with Gasteiger partial charge in [0.05, 0.1) is 7.11 Å². The van der Waals surface area contributed by atoms with Gasteiger partial charge in [-0.15, -0.1) is 0 Å². The SMILES string of the molecule is COc1ccc(CN([C@H](C)C2CC2)S(=O)(=O)N2CCCC2)cc1. The van der Waals surface area contributed by atoms with Crippen LogP contribution in [0.15, 0.2) is 24.3 Å². The van der Waals surface area contributed by atoms with E-state index < -0.39 is 10.2 Å². The topological polar surface area (TPSA) is 49.9 Å². The summed E-state index contributed by atoms with van der Waals surface area (Å²) in [6.45, 7) is 3.78. The van der Waals surface area contributed by atoms with Crippen molar-refractivity contribution in [2.45, 2.75) is 45.2 Å². The highest BCUT2D eigenvalue weighted by molar-refractivity contribution is 7.86. The monoisotopic (exact) mass is 338 g/mol. The van der Waals surface area contributed by atoms with Crippen molar-refractivity contribution in [3.8, 4) is 5.75 Å². The van der Waals surface area contributed by atoms with Gasteiger partial charge in [-0.1, -0.05) is 12.1 Å². The summed E-state index contributed by atoms with van der Waals surface area (Å²) in [5, 5.41) is 0. The molecule has 1 aliphatic heterocycles. The number of hydrogen-bond acceptors (Lipinski definition) is 3. The van der Waals surface area contributed by atoms with Gasteiger partial charge in [0.1, 0.15) is 5.75 Å². The van der Waals surface area contributed by atoms with Gasteiger partial charge in [0.2, 0.25) is 0 Å². The quantitative estimate of drug-likeness (QED) is 0.768. The molecule has 23 heavy (non-hydrogen) atoms. The van der Waals surface area contributed by atoms with E-state index in [0.717, 1.165) is 37.0 Å². The smallest absolute Gasteiger partial charge is 0.282 e. The van der Waals surface area contributed by atoms with Crippen LogP contribution < -0.4 is 4.74 Å². The molecule has 6 heteroatoms. The highest BCUT2D eigenvalue weighted by Crippen LogP contribution is 2.37. The molecule has 0 bridgehead atoms. The molecule has 1 heterocycles. The van der Waals surface area contributed by atoms with Crippen molar-refractivity contribution < 1.29 is 13.2 Å². The van der Waals surface area contributed by atoms with E-state index in [-0.39, 0.29) is 6.04 Å². The molecule has 2 aliphatic rings. The molecule has 1 saturated carbocycles. The molecule has 0 aromatic heterocycles. The first-order valence-corrected chi connectivity index (χ1v) is 9.82. The van der Waals surface area contributed by atoms with Gasteiger partial charge in [0.25, 0.3) is 10.2 Å². The maximum absolute atomic E-state index is 13.1. The first-order valence-electron chi connectivity index (χ1n) is 8.42. The minimum atomic E-state index is -3.38. The summed E-state index contributed by atoms with van der Waals surface area (Å²) in [5.41, 5.74) is 1.00. The fourth-order valence-electron chi connectivity index (χ4n) is 3.23. The molecule has 0 spiro atoms. The lowest BCUT2D eigenvalue weighted by Crippen LogP contribution is -2.47. The van der Waals surface area contributed by atoms with E-state index in [0.29, 0.717) is 25.6 Å². The molecule has 1 aromatic carbocycles. The van der Waals surface area contributed by atoms with Crippen LogP contribution in [0.25, 0.3) is 0 Å². The molecular formula is C17H26N2O3S. The van der Waals surface area contributed by atoms with Gasteiger partial charge in [-0.3, -0.25) is 0 Å². The zero-order valence-electron chi connectivity index (χ0n) is 13.9. The lowest BCUT2D eigenvalue weighted by Gasteiger charge is -2.32. The van der Waals surface area contributed by atoms with Crippen molar-refractivity contribution in [3.05, 3.63) is 29.8 Å². The fourth-order valence-corrected chi connectivity index (χ4v) is 5.15. The Morgan fingerprint density at radius 1 is 1.22 bits per heavy atom. The van der Waals surface area contributed by atoms with E-state index in [1.807, 2.05) is 24.3 Å². The maximum Gasteiger partial charge on any atom is 0.282 e. The van der Waals surface area contributed by atoms with Crippen LogP contribution in [-0.2, 0) is 16.8 Å². The summed E-state index contributed by atoms with van der Waals surface area (Å²) in [6, 6.07) is 7.73. The van der Waals surface area contributed by atoms with Crippen molar-refractivity contribution in [2.75, 3.05) is 20.2 Å². The van der Waals surface area contributed by atoms with Crippen molar-refractivity contribution in [1.29, 1.82) is 0 Å². The molecule has 2 fully saturated rings. The normalized spacial score (nSPS) is 20.8. The van der Waals surface area contributed by atoms with E-state index in [2.05, 4.69) is 6.92 Å². The second-order valence-corrected chi connectivity index (χ2v) is 8.47. The number of benzene rings is 1. The second-order valence-electron chi connectivity index (χ2n) is 6.59. The maximum atomic E-state index is 13.1. The Morgan fingerprint density at radius 2 is 1.83 bits per heavy atom. The first-order chi connectivity index (χ1) is 11.0. The summed E-state index contributed by atoms with van der Waals surface area (Å²) < 4.78 is 34.7. The van der Waals surface area contributed by atoms with Crippen LogP contribution in [0.5, 0.6) is 5.75 Å². The summed E-state index contributed by atoms with van der Waals surface area (Å²) in [7, 11) is -1.75. The lowest BCUT2D eigenvalue weighted by molar-refractivity contribution is 0.278. The zero-order valence-corrected chi connectivity index (χ0v) is 14.8. The molecule has 1 aromatic rings. The van der Waals surface area contributed by atoms with Gasteiger partial charge in [-0.25, -0.2) is 0 Å². The van der Waals surface area contributed by atoms with Crippen molar-refractivity contribution >= 4 is 10.2 Å². The average molecular weight is 338 g/mol. The summed E-state index contributed by atoms with van der Waals surface area (Å²) in [5.74, 6) is 1.29. The van der Waals surface area contributed by atoms with E-state index in [1.54, 1.807) is 15.7 Å². The third-order valence-electron chi connectivity index (χ3n) is 4.94. The van der Waals surface area contributed by atoms with Gasteiger partial charge < -0.3 is 4.74 Å². The molecule has 5 nitrogen and oxygen atoms in total. The molecule has 1 saturated heterocycles. The molecule has 0 radical (unpaired) electrons. The largest absolute Gasteiger partial charge is 0.497 e. The van der Waals surface area contributed by atoms with Crippen molar-refractivity contribution in [1.82, 2.24) is 8.61 Å². The Balaban J connectivity index is 1.82. The Labute approximate surface area is 139 Å². The lowest BCUT2D eigenvalue weighted by atomic mass is 10.1. The molecule has 0 unspecified atom stereocenters. The van der Waals surface area contributed by atoms with E-state index in [9.17, 15) is 8.42 Å². The minimum Gasteiger partial charge on any atom is -0.497 e. The van der Waals surface area contributed by atoms with Gasteiger partial charge >= 0.3 is 0 Å². The summed E-state index contributed by atoms with van der Waals surface area (Å²) >= 11 is 0. The van der Waals surface area contributed by atoms with Crippen LogP contribution in [0.4, 0.5) is 0 Å². The van der Waals surface area contributed by atoms with Crippen molar-refractivity contribution in [2.24, 2.45) is 5.92 Å². The predicted octanol–water partition coefficient (Wildman–Crippen LogP) is 2.64. The summed E-state index contributed by atoms with van der Waals surface area (Å²) in [6.07, 6.45) is 4.20. The zero-order chi connectivity index (χ0) is 16.4. The summed E-state index contributed by atoms with van der Waals surface area (Å²) in [4.78, 5) is 0. The first kappa shape index (κ1) is 16.7. The van der Waals surface area contributed by atoms with Gasteiger partial charge in [0.15, 0.2) is 0 Å². The highest BCUT2D eigenvalue weighted by Gasteiger charge is 2.40. The third kappa shape index (κ3) is 3.70. The second kappa shape index (κ2) is 6.79. The molecule has 1 aliphatic carbocycles. The Hall–Kier alpha value is -1.11. The average Bonchev–Trinajstić information content (AvgIpc) is 3.25. The minimum absolute atomic E-state index is 0.0581. The van der Waals surface area contributed by atoms with E-state index in [4.69, 9.17) is 4.74 Å². The molecule has 3 rings (SSSR count). The Kier molecular flexibility index (Phi) is 4.94. The van der Waals surface area contributed by atoms with Crippen LogP contribution >= 0.6 is 0 Å². The number of rotatable bonds is 7. The van der Waals surface area contributed by atoms with E-state index >= 15 is 0 Å². The highest BCUT2D eigenvalue weighted by atomic mass is 32.2. The molecule has 0 N–H and O–H groups in total. The van der Waals surface area contributed by atoms with Crippen LogP contribution in [0.1, 0.15) is 38.2 Å². The van der Waals surface area contributed by atoms with E-state index in [1.165, 1.54) is 0 Å². The Bertz CT molecular complexity index is 620. The molecule has 0 amide bonds. The standard InChI is InChI=1S/C17H26N2O3S/c1-14(16-7-8-16)19(23(20,21)18-11-3-4-12-18)13-15-5-9-17(22-2)10-6-15/h5-6,9-10,14,16H,3-4,7-8,11-13H2,1-2H3/t14-/m1/s1. The molecule has 1 atom stereocenters. The number of ether oxygens (including phenoxy) is 1. The van der Waals surface area contributed by atoms with Crippen LogP contribution in [0.3, 0.4) is 0 Å². The fraction of sp³-hybridized carbons (Fsp3) is 0.647. The third-order valence-corrected chi connectivity index (χ3v) is 7.02. The van der Waals surface area contributed by atoms with Crippen LogP contribution in [0.2, 0.25) is 0 Å². The number of methoxy groups -OCH3 is 1. The number of hydrogen-bond donors (Lipinski definition) is 0. The van der Waals surface area contributed by atoms with Gasteiger partial charge in [0, 0.05) is 25.7 Å². The van der Waals surface area contributed by atoms with Crippen LogP contribution in [0, 0.1) is 5.92 Å². The molecular weight excluding hydrogens is 312 g/mol. The molecule has 128 valence electrons. The Morgan fingerprint density at radius 3 is 2.35 bits per heavy atom. The van der Waals surface area contributed by atoms with Gasteiger partial charge in [-0.05, 0) is 56.2 Å². The number of nitrogens with zero attached hydrogens (tertiary/aromatic N) is 2. The van der Waals surface area contributed by atoms with Crippen LogP contribution in [-0.4, -0.2) is 43.3 Å². The van der Waals surface area contributed by atoms with Gasteiger partial charge in [-0.2, -0.15) is 17.0 Å².